The Morgan fingerprint density at radius 2 is 1.57 bits per heavy atom. The standard InChI is InChI=1S/C25H25NO3S/c1-29-23-14-12-21(13-15-23)18-30-25(19-27,17-16-20-8-4-2-5-9-20)26-24(28)22-10-6-3-7-11-22/h2-15,19H,16-18H2,1H3,(H,26,28). The van der Waals surface area contributed by atoms with Crippen molar-refractivity contribution >= 4 is 24.0 Å². The number of amides is 1. The number of benzene rings is 3. The van der Waals surface area contributed by atoms with Gasteiger partial charge in [-0.05, 0) is 48.2 Å². The van der Waals surface area contributed by atoms with Crippen LogP contribution in [-0.4, -0.2) is 24.2 Å². The Bertz CT molecular complexity index is 945. The van der Waals surface area contributed by atoms with Gasteiger partial charge in [0.05, 0.1) is 7.11 Å². The van der Waals surface area contributed by atoms with Crippen molar-refractivity contribution in [3.05, 3.63) is 102 Å². The van der Waals surface area contributed by atoms with Gasteiger partial charge in [0.25, 0.3) is 5.91 Å². The van der Waals surface area contributed by atoms with E-state index >= 15 is 0 Å². The fourth-order valence-corrected chi connectivity index (χ4v) is 4.15. The number of hydrogen-bond donors (Lipinski definition) is 1. The highest BCUT2D eigenvalue weighted by Gasteiger charge is 2.32. The van der Waals surface area contributed by atoms with Gasteiger partial charge in [0.15, 0.2) is 6.29 Å². The van der Waals surface area contributed by atoms with Crippen molar-refractivity contribution < 1.29 is 14.3 Å². The Morgan fingerprint density at radius 3 is 2.17 bits per heavy atom. The van der Waals surface area contributed by atoms with E-state index in [1.165, 1.54) is 11.8 Å². The number of methoxy groups -OCH3 is 1. The first-order chi connectivity index (χ1) is 14.6. The smallest absolute Gasteiger partial charge is 0.252 e. The molecule has 3 aromatic carbocycles. The second-order valence-corrected chi connectivity index (χ2v) is 8.26. The van der Waals surface area contributed by atoms with Crippen LogP contribution >= 0.6 is 11.8 Å². The predicted molar refractivity (Wildman–Crippen MR) is 122 cm³/mol. The van der Waals surface area contributed by atoms with Gasteiger partial charge in [-0.25, -0.2) is 0 Å². The summed E-state index contributed by atoms with van der Waals surface area (Å²) in [6.07, 6.45) is 2.05. The Hall–Kier alpha value is -3.05. The monoisotopic (exact) mass is 419 g/mol. The number of thioether (sulfide) groups is 1. The minimum Gasteiger partial charge on any atom is -0.497 e. The van der Waals surface area contributed by atoms with Crippen molar-refractivity contribution in [3.63, 3.8) is 0 Å². The maximum Gasteiger partial charge on any atom is 0.252 e. The minimum atomic E-state index is -1.03. The Morgan fingerprint density at radius 1 is 0.933 bits per heavy atom. The van der Waals surface area contributed by atoms with E-state index in [4.69, 9.17) is 4.74 Å². The summed E-state index contributed by atoms with van der Waals surface area (Å²) in [5, 5.41) is 2.99. The van der Waals surface area contributed by atoms with Crippen LogP contribution in [0.2, 0.25) is 0 Å². The third-order valence-electron chi connectivity index (χ3n) is 4.83. The molecule has 0 aromatic heterocycles. The molecule has 0 spiro atoms. The molecule has 5 heteroatoms. The van der Waals surface area contributed by atoms with E-state index in [0.29, 0.717) is 24.2 Å². The molecule has 0 aliphatic rings. The summed E-state index contributed by atoms with van der Waals surface area (Å²) in [7, 11) is 1.63. The molecule has 0 radical (unpaired) electrons. The van der Waals surface area contributed by atoms with Crippen LogP contribution in [0.1, 0.15) is 27.9 Å². The quantitative estimate of drug-likeness (QED) is 0.376. The van der Waals surface area contributed by atoms with Crippen LogP contribution < -0.4 is 10.1 Å². The second kappa shape index (κ2) is 10.6. The van der Waals surface area contributed by atoms with Crippen molar-refractivity contribution in [3.8, 4) is 5.75 Å². The number of rotatable bonds is 10. The molecule has 0 aliphatic carbocycles. The third-order valence-corrected chi connectivity index (χ3v) is 6.23. The van der Waals surface area contributed by atoms with Crippen LogP contribution in [0.15, 0.2) is 84.9 Å². The van der Waals surface area contributed by atoms with Crippen LogP contribution in [0.3, 0.4) is 0 Å². The molecule has 0 saturated carbocycles. The highest BCUT2D eigenvalue weighted by Crippen LogP contribution is 2.30. The minimum absolute atomic E-state index is 0.252. The number of hydrogen-bond acceptors (Lipinski definition) is 4. The van der Waals surface area contributed by atoms with Gasteiger partial charge < -0.3 is 10.1 Å². The molecule has 0 saturated heterocycles. The number of aryl methyl sites for hydroxylation is 1. The maximum atomic E-state index is 12.8. The number of nitrogens with one attached hydrogen (secondary N) is 1. The van der Waals surface area contributed by atoms with Gasteiger partial charge in [-0.3, -0.25) is 9.59 Å². The molecule has 1 amide bonds. The van der Waals surface area contributed by atoms with E-state index in [1.807, 2.05) is 72.8 Å². The Labute approximate surface area is 181 Å². The molecule has 0 bridgehead atoms. The molecule has 1 N–H and O–H groups in total. The van der Waals surface area contributed by atoms with Crippen molar-refractivity contribution in [2.24, 2.45) is 0 Å². The molecular formula is C25H25NO3S. The summed E-state index contributed by atoms with van der Waals surface area (Å²) in [6.45, 7) is 0. The van der Waals surface area contributed by atoms with Crippen LogP contribution in [0.5, 0.6) is 5.75 Å². The van der Waals surface area contributed by atoms with Gasteiger partial charge in [0.2, 0.25) is 0 Å². The highest BCUT2D eigenvalue weighted by atomic mass is 32.2. The SMILES string of the molecule is COc1ccc(CSC(C=O)(CCc2ccccc2)NC(=O)c2ccccc2)cc1. The number of aldehydes is 1. The summed E-state index contributed by atoms with van der Waals surface area (Å²) in [4.78, 5) is 24.1. The largest absolute Gasteiger partial charge is 0.497 e. The van der Waals surface area contributed by atoms with Crippen LogP contribution in [-0.2, 0) is 17.0 Å². The molecule has 0 aliphatic heterocycles. The topological polar surface area (TPSA) is 55.4 Å². The van der Waals surface area contributed by atoms with Crippen molar-refractivity contribution in [1.82, 2.24) is 5.32 Å². The summed E-state index contributed by atoms with van der Waals surface area (Å²) in [5.74, 6) is 1.12. The van der Waals surface area contributed by atoms with Gasteiger partial charge in [-0.1, -0.05) is 60.7 Å². The first-order valence-corrected chi connectivity index (χ1v) is 10.8. The number of ether oxygens (including phenoxy) is 1. The molecule has 3 aromatic rings. The van der Waals surface area contributed by atoms with E-state index in [0.717, 1.165) is 23.2 Å². The third kappa shape index (κ3) is 5.97. The van der Waals surface area contributed by atoms with E-state index in [2.05, 4.69) is 5.32 Å². The van der Waals surface area contributed by atoms with E-state index < -0.39 is 4.87 Å². The zero-order valence-corrected chi connectivity index (χ0v) is 17.7. The Kier molecular flexibility index (Phi) is 7.69. The fourth-order valence-electron chi connectivity index (χ4n) is 3.06. The second-order valence-electron chi connectivity index (χ2n) is 6.95. The zero-order valence-electron chi connectivity index (χ0n) is 16.9. The van der Waals surface area contributed by atoms with Crippen molar-refractivity contribution in [1.29, 1.82) is 0 Å². The van der Waals surface area contributed by atoms with Crippen LogP contribution in [0.4, 0.5) is 0 Å². The lowest BCUT2D eigenvalue weighted by Crippen LogP contribution is -2.47. The van der Waals surface area contributed by atoms with E-state index in [9.17, 15) is 9.59 Å². The van der Waals surface area contributed by atoms with Gasteiger partial charge in [-0.15, -0.1) is 11.8 Å². The first kappa shape index (κ1) is 21.7. The normalized spacial score (nSPS) is 12.6. The van der Waals surface area contributed by atoms with E-state index in [-0.39, 0.29) is 5.91 Å². The van der Waals surface area contributed by atoms with Crippen LogP contribution in [0, 0.1) is 0 Å². The molecule has 0 heterocycles. The molecule has 154 valence electrons. The first-order valence-electron chi connectivity index (χ1n) is 9.79. The van der Waals surface area contributed by atoms with Gasteiger partial charge in [0.1, 0.15) is 10.6 Å². The van der Waals surface area contributed by atoms with Gasteiger partial charge in [-0.2, -0.15) is 0 Å². The van der Waals surface area contributed by atoms with Gasteiger partial charge >= 0.3 is 0 Å². The predicted octanol–water partition coefficient (Wildman–Crippen LogP) is 4.89. The molecule has 1 unspecified atom stereocenters. The summed E-state index contributed by atoms with van der Waals surface area (Å²) in [5.41, 5.74) is 2.72. The lowest BCUT2D eigenvalue weighted by molar-refractivity contribution is -0.110. The summed E-state index contributed by atoms with van der Waals surface area (Å²) >= 11 is 1.44. The average Bonchev–Trinajstić information content (AvgIpc) is 2.82. The summed E-state index contributed by atoms with van der Waals surface area (Å²) in [6, 6.07) is 26.7. The molecular weight excluding hydrogens is 394 g/mol. The van der Waals surface area contributed by atoms with Crippen LogP contribution in [0.25, 0.3) is 0 Å². The Balaban J connectivity index is 1.77. The maximum absolute atomic E-state index is 12.8. The lowest BCUT2D eigenvalue weighted by atomic mass is 10.0. The lowest BCUT2D eigenvalue weighted by Gasteiger charge is -2.29. The highest BCUT2D eigenvalue weighted by molar-refractivity contribution is 8.00. The average molecular weight is 420 g/mol. The number of carbonyl (C=O) groups is 2. The molecule has 3 rings (SSSR count). The molecule has 1 atom stereocenters. The molecule has 0 fully saturated rings. The van der Waals surface area contributed by atoms with Gasteiger partial charge in [0, 0.05) is 11.3 Å². The zero-order chi connectivity index (χ0) is 21.2. The summed E-state index contributed by atoms with van der Waals surface area (Å²) < 4.78 is 5.20. The van der Waals surface area contributed by atoms with E-state index in [1.54, 1.807) is 19.2 Å². The van der Waals surface area contributed by atoms with Crippen molar-refractivity contribution in [2.75, 3.05) is 7.11 Å². The number of carbonyl (C=O) groups excluding carboxylic acids is 2. The fraction of sp³-hybridized carbons (Fsp3) is 0.200. The molecule has 30 heavy (non-hydrogen) atoms. The molecule has 4 nitrogen and oxygen atoms in total. The van der Waals surface area contributed by atoms with Crippen molar-refractivity contribution in [2.45, 2.75) is 23.5 Å².